The number of likely N-dealkylation sites (N-methyl/N-ethyl adjacent to an activating group) is 1. The van der Waals surface area contributed by atoms with E-state index in [2.05, 4.69) is 17.9 Å². The highest BCUT2D eigenvalue weighted by molar-refractivity contribution is 7.80. The molecule has 14 heteroatoms. The summed E-state index contributed by atoms with van der Waals surface area (Å²) in [6.45, 7) is 7.04. The summed E-state index contributed by atoms with van der Waals surface area (Å²) in [4.78, 5) is 55.5. The molecule has 3 aliphatic heterocycles. The molecule has 3 heterocycles. The predicted octanol–water partition coefficient (Wildman–Crippen LogP) is 3.18. The number of hydrogen-bond donors (Lipinski definition) is 3. The molecular weight excluding hydrogens is 654 g/mol. The number of fused-ring (bicyclic) bond motifs is 5. The molecule has 1 aromatic carbocycles. The van der Waals surface area contributed by atoms with Gasteiger partial charge in [-0.15, -0.1) is 0 Å². The number of rotatable bonds is 7. The summed E-state index contributed by atoms with van der Waals surface area (Å²) < 4.78 is 29.1. The van der Waals surface area contributed by atoms with Crippen LogP contribution in [0.2, 0.25) is 0 Å². The molecule has 270 valence electrons. The van der Waals surface area contributed by atoms with E-state index in [1.54, 1.807) is 46.2 Å². The zero-order valence-electron chi connectivity index (χ0n) is 29.4. The zero-order valence-corrected chi connectivity index (χ0v) is 30.3. The molecule has 4 bridgehead atoms. The first-order valence-electron chi connectivity index (χ1n) is 16.3. The molecule has 49 heavy (non-hydrogen) atoms. The molecule has 8 atom stereocenters. The number of amides is 3. The van der Waals surface area contributed by atoms with Gasteiger partial charge in [0.15, 0.2) is 5.72 Å². The molecular formula is C35H49N3O10S. The maximum absolute atomic E-state index is 13.9. The molecule has 2 saturated heterocycles. The minimum Gasteiger partial charge on any atom is -0.497 e. The molecule has 0 saturated carbocycles. The van der Waals surface area contributed by atoms with E-state index in [9.17, 15) is 24.3 Å². The number of alkyl carbamates (subject to hydrolysis) is 1. The standard InChI is InChI=1S/C35H49N3O10S/c1-20-10-9-11-27(45-8)35(43)19-26(46-33(42)36-35)21(2)31-34(4,48-31)28(47-32(41)22(3)37(5)29(39)12-13-49)18-30(40)38(6)24-15-23(14-20)16-25(17-24)44-7/h9-11,15-17,21-22,26-28,31,43,49H,12-14,18-19H2,1-8H3,(H,36,42)/b11-9+,20-10+/t21-,22+,26+,27-,28+,31+,34+,35+/m1/s1. The second-order valence-corrected chi connectivity index (χ2v) is 13.7. The molecule has 0 unspecified atom stereocenters. The fourth-order valence-electron chi connectivity index (χ4n) is 6.42. The van der Waals surface area contributed by atoms with Crippen molar-refractivity contribution in [3.8, 4) is 5.75 Å². The van der Waals surface area contributed by atoms with Gasteiger partial charge in [-0.05, 0) is 50.6 Å². The van der Waals surface area contributed by atoms with Crippen molar-refractivity contribution in [1.82, 2.24) is 10.2 Å². The van der Waals surface area contributed by atoms with Gasteiger partial charge in [-0.2, -0.15) is 12.6 Å². The van der Waals surface area contributed by atoms with Crippen LogP contribution in [0.25, 0.3) is 0 Å². The summed E-state index contributed by atoms with van der Waals surface area (Å²) in [5.41, 5.74) is -0.542. The van der Waals surface area contributed by atoms with Crippen molar-refractivity contribution < 1.29 is 48.0 Å². The van der Waals surface area contributed by atoms with E-state index in [1.165, 1.54) is 24.0 Å². The number of aliphatic hydroxyl groups is 1. The lowest BCUT2D eigenvalue weighted by Crippen LogP contribution is -2.63. The van der Waals surface area contributed by atoms with Crippen molar-refractivity contribution >= 4 is 42.2 Å². The normalized spacial score (nSPS) is 32.7. The van der Waals surface area contributed by atoms with Gasteiger partial charge in [-0.3, -0.25) is 14.9 Å². The maximum atomic E-state index is 13.9. The Morgan fingerprint density at radius 1 is 1.24 bits per heavy atom. The van der Waals surface area contributed by atoms with Crippen molar-refractivity contribution in [2.45, 2.75) is 95.2 Å². The van der Waals surface area contributed by atoms with Gasteiger partial charge in [0.05, 0.1) is 19.6 Å². The summed E-state index contributed by atoms with van der Waals surface area (Å²) in [7, 11) is 6.13. The predicted molar refractivity (Wildman–Crippen MR) is 184 cm³/mol. The Morgan fingerprint density at radius 2 is 1.96 bits per heavy atom. The molecule has 1 aromatic rings. The first-order chi connectivity index (χ1) is 23.1. The van der Waals surface area contributed by atoms with E-state index >= 15 is 0 Å². The number of methoxy groups -OCH3 is 2. The van der Waals surface area contributed by atoms with Crippen LogP contribution in [0, 0.1) is 5.92 Å². The first kappa shape index (κ1) is 38.2. The molecule has 4 rings (SSSR count). The molecule has 0 aliphatic carbocycles. The number of esters is 1. The van der Waals surface area contributed by atoms with Crippen LogP contribution in [0.5, 0.6) is 5.75 Å². The SMILES string of the molecule is COc1cc2cc(c1)N(C)C(=O)C[C@H](OC(=O)[C@H](C)N(C)C(=O)CCS)[C@]1(C)O[C@H]1[C@H](C)[C@@H]1C[C@@](O)(NC(=O)O1)[C@H](OC)/C=C/C=C(\C)C2. The minimum absolute atomic E-state index is 0.0335. The van der Waals surface area contributed by atoms with Crippen LogP contribution in [-0.4, -0.2) is 110 Å². The average molecular weight is 704 g/mol. The Hall–Kier alpha value is -3.59. The number of carbonyl (C=O) groups is 4. The van der Waals surface area contributed by atoms with Crippen molar-refractivity contribution in [1.29, 1.82) is 0 Å². The number of carbonyl (C=O) groups excluding carboxylic acids is 4. The van der Waals surface area contributed by atoms with Gasteiger partial charge < -0.3 is 38.6 Å². The topological polar surface area (TPSA) is 156 Å². The van der Waals surface area contributed by atoms with E-state index in [0.717, 1.165) is 11.1 Å². The minimum atomic E-state index is -1.80. The van der Waals surface area contributed by atoms with Crippen molar-refractivity contribution in [2.75, 3.05) is 39.0 Å². The fraction of sp³-hybridized carbons (Fsp3) is 0.600. The van der Waals surface area contributed by atoms with Crippen LogP contribution in [0.3, 0.4) is 0 Å². The fourth-order valence-corrected chi connectivity index (χ4v) is 6.61. The highest BCUT2D eigenvalue weighted by Crippen LogP contribution is 2.49. The van der Waals surface area contributed by atoms with E-state index in [0.29, 0.717) is 23.6 Å². The lowest BCUT2D eigenvalue weighted by Gasteiger charge is -2.42. The highest BCUT2D eigenvalue weighted by Gasteiger charge is 2.64. The molecule has 2 N–H and O–H groups in total. The monoisotopic (exact) mass is 703 g/mol. The van der Waals surface area contributed by atoms with Crippen LogP contribution in [-0.2, 0) is 39.8 Å². The van der Waals surface area contributed by atoms with Crippen molar-refractivity contribution in [3.63, 3.8) is 0 Å². The van der Waals surface area contributed by atoms with Gasteiger partial charge in [0.1, 0.15) is 35.7 Å². The van der Waals surface area contributed by atoms with Crippen LogP contribution < -0.4 is 15.0 Å². The Bertz CT molecular complexity index is 1490. The van der Waals surface area contributed by atoms with Gasteiger partial charge in [-0.25, -0.2) is 9.59 Å². The lowest BCUT2D eigenvalue weighted by molar-refractivity contribution is -0.161. The van der Waals surface area contributed by atoms with Crippen LogP contribution in [0.1, 0.15) is 52.5 Å². The number of nitrogens with zero attached hydrogens (tertiary/aromatic N) is 2. The molecule has 0 aromatic heterocycles. The molecule has 3 aliphatic rings. The van der Waals surface area contributed by atoms with Crippen LogP contribution >= 0.6 is 12.6 Å². The third-order valence-corrected chi connectivity index (χ3v) is 9.99. The summed E-state index contributed by atoms with van der Waals surface area (Å²) >= 11 is 4.12. The van der Waals surface area contributed by atoms with E-state index in [-0.39, 0.29) is 31.1 Å². The average Bonchev–Trinajstić information content (AvgIpc) is 3.75. The number of ether oxygens (including phenoxy) is 5. The Balaban J connectivity index is 1.75. The number of epoxide rings is 1. The zero-order chi connectivity index (χ0) is 36.3. The number of nitrogens with one attached hydrogen (secondary N) is 1. The summed E-state index contributed by atoms with van der Waals surface area (Å²) in [5.74, 6) is -0.964. The van der Waals surface area contributed by atoms with Gasteiger partial charge in [0.25, 0.3) is 0 Å². The third-order valence-electron chi connectivity index (χ3n) is 9.76. The van der Waals surface area contributed by atoms with Crippen molar-refractivity contribution in [2.24, 2.45) is 5.92 Å². The number of thiol groups is 1. The number of benzene rings is 1. The largest absolute Gasteiger partial charge is 0.497 e. The van der Waals surface area contributed by atoms with Gasteiger partial charge in [-0.1, -0.05) is 30.7 Å². The van der Waals surface area contributed by atoms with Crippen molar-refractivity contribution in [3.05, 3.63) is 47.6 Å². The van der Waals surface area contributed by atoms with E-state index < -0.39 is 59.8 Å². The quantitative estimate of drug-likeness (QED) is 0.219. The summed E-state index contributed by atoms with van der Waals surface area (Å²) in [6, 6.07) is 4.57. The smallest absolute Gasteiger partial charge is 0.409 e. The molecule has 0 spiro atoms. The van der Waals surface area contributed by atoms with Gasteiger partial charge in [0.2, 0.25) is 11.8 Å². The first-order valence-corrected chi connectivity index (χ1v) is 17.0. The van der Waals surface area contributed by atoms with Crippen LogP contribution in [0.4, 0.5) is 10.5 Å². The summed E-state index contributed by atoms with van der Waals surface area (Å²) in [5, 5.41) is 14.2. The second kappa shape index (κ2) is 15.5. The second-order valence-electron chi connectivity index (χ2n) is 13.3. The van der Waals surface area contributed by atoms with Gasteiger partial charge in [0, 0.05) is 51.7 Å². The molecule has 13 nitrogen and oxygen atoms in total. The maximum Gasteiger partial charge on any atom is 0.409 e. The number of anilines is 1. The van der Waals surface area contributed by atoms with Crippen LogP contribution in [0.15, 0.2) is 42.0 Å². The molecule has 2 fully saturated rings. The number of hydrogen-bond acceptors (Lipinski definition) is 11. The number of allylic oxidation sites excluding steroid dienone is 3. The van der Waals surface area contributed by atoms with Gasteiger partial charge >= 0.3 is 12.1 Å². The Labute approximate surface area is 293 Å². The summed E-state index contributed by atoms with van der Waals surface area (Å²) in [6.07, 6.45) is 1.42. The Morgan fingerprint density at radius 3 is 2.61 bits per heavy atom. The molecule has 3 amide bonds. The highest BCUT2D eigenvalue weighted by atomic mass is 32.1. The Kier molecular flexibility index (Phi) is 12.1. The van der Waals surface area contributed by atoms with E-state index in [1.807, 2.05) is 32.1 Å². The lowest BCUT2D eigenvalue weighted by atomic mass is 9.83. The van der Waals surface area contributed by atoms with E-state index in [4.69, 9.17) is 23.7 Å². The molecule has 0 radical (unpaired) electrons. The third kappa shape index (κ3) is 8.59.